The predicted octanol–water partition coefficient (Wildman–Crippen LogP) is 7.04. The Hall–Kier alpha value is -2.39. The molecule has 0 aliphatic heterocycles. The third kappa shape index (κ3) is 11.7. The van der Waals surface area contributed by atoms with Gasteiger partial charge in [-0.05, 0) is 22.3 Å². The number of nitrogens with zero attached hydrogens (tertiary/aromatic N) is 2. The summed E-state index contributed by atoms with van der Waals surface area (Å²) < 4.78 is 1.03. The van der Waals surface area contributed by atoms with Crippen molar-refractivity contribution < 1.29 is 16.8 Å². The second kappa shape index (κ2) is 17.2. The summed E-state index contributed by atoms with van der Waals surface area (Å²) in [7, 11) is 0. The number of rotatable bonds is 8. The molecule has 0 spiro atoms. The van der Waals surface area contributed by atoms with Gasteiger partial charge in [-0.15, -0.1) is 0 Å². The Labute approximate surface area is 253 Å². The summed E-state index contributed by atoms with van der Waals surface area (Å²) in [5.74, 6) is 0. The van der Waals surface area contributed by atoms with Gasteiger partial charge in [0, 0.05) is 26.2 Å². The maximum Gasteiger partial charge on any atom is 2.00 e. The van der Waals surface area contributed by atoms with E-state index >= 15 is 0 Å². The van der Waals surface area contributed by atoms with Gasteiger partial charge in [-0.25, -0.2) is 0 Å². The predicted molar refractivity (Wildman–Crippen MR) is 164 cm³/mol. The summed E-state index contributed by atoms with van der Waals surface area (Å²) >= 11 is 20.6. The van der Waals surface area contributed by atoms with Gasteiger partial charge in [-0.1, -0.05) is 130 Å². The smallest absolute Gasteiger partial charge is 0.411 e. The molecular formula is C30H28CoN2S4. The number of thiocarbonyl (C=S) groups is 2. The van der Waals surface area contributed by atoms with Crippen molar-refractivity contribution in [3.63, 3.8) is 0 Å². The number of hydrogen-bond acceptors (Lipinski definition) is 4. The summed E-state index contributed by atoms with van der Waals surface area (Å²) in [4.78, 5) is 4.07. The Morgan fingerprint density at radius 2 is 0.622 bits per heavy atom. The van der Waals surface area contributed by atoms with E-state index in [-0.39, 0.29) is 16.8 Å². The van der Waals surface area contributed by atoms with Gasteiger partial charge in [0.15, 0.2) is 0 Å². The molecule has 0 aliphatic carbocycles. The van der Waals surface area contributed by atoms with E-state index in [2.05, 4.69) is 48.5 Å². The zero-order valence-corrected chi connectivity index (χ0v) is 24.5. The van der Waals surface area contributed by atoms with Gasteiger partial charge in [0.25, 0.3) is 0 Å². The summed E-state index contributed by atoms with van der Waals surface area (Å²) in [6.07, 6.45) is 0. The van der Waals surface area contributed by atoms with Gasteiger partial charge < -0.3 is 59.5 Å². The van der Waals surface area contributed by atoms with Gasteiger partial charge in [0.1, 0.15) is 0 Å². The van der Waals surface area contributed by atoms with E-state index in [1.54, 1.807) is 0 Å². The largest absolute Gasteiger partial charge is 2.00 e. The molecule has 37 heavy (non-hydrogen) atoms. The van der Waals surface area contributed by atoms with E-state index in [4.69, 9.17) is 49.7 Å². The van der Waals surface area contributed by atoms with Crippen molar-refractivity contribution in [3.8, 4) is 0 Å². The first kappa shape index (κ1) is 30.8. The van der Waals surface area contributed by atoms with Crippen LogP contribution < -0.4 is 0 Å². The van der Waals surface area contributed by atoms with Crippen LogP contribution in [0.25, 0.3) is 0 Å². The molecule has 0 heterocycles. The molecule has 0 bridgehead atoms. The van der Waals surface area contributed by atoms with E-state index < -0.39 is 0 Å². The standard InChI is InChI=1S/2C15H15NS2.Co/c2*17-15(18)16(11-13-7-3-1-4-8-13)12-14-9-5-2-6-10-14;/h2*1-10H,11-12H2,(H,17,18);/q;;+2/p-2. The molecule has 191 valence electrons. The summed E-state index contributed by atoms with van der Waals surface area (Å²) in [5.41, 5.74) is 4.89. The minimum absolute atomic E-state index is 0. The second-order valence-electron chi connectivity index (χ2n) is 8.19. The van der Waals surface area contributed by atoms with Crippen molar-refractivity contribution in [2.24, 2.45) is 0 Å². The van der Waals surface area contributed by atoms with Crippen LogP contribution in [0.1, 0.15) is 22.3 Å². The number of hydrogen-bond donors (Lipinski definition) is 0. The molecule has 0 saturated heterocycles. The van der Waals surface area contributed by atoms with Crippen LogP contribution >= 0.6 is 24.4 Å². The molecule has 0 N–H and O–H groups in total. The molecule has 4 rings (SSSR count). The van der Waals surface area contributed by atoms with E-state index in [9.17, 15) is 0 Å². The SMILES string of the molecule is S=C([S-])N(Cc1ccccc1)Cc1ccccc1.S=C([S-])N(Cc1ccccc1)Cc1ccccc1.[Co+2]. The maximum atomic E-state index is 5.16. The van der Waals surface area contributed by atoms with Crippen molar-refractivity contribution in [2.45, 2.75) is 26.2 Å². The Morgan fingerprint density at radius 1 is 0.432 bits per heavy atom. The van der Waals surface area contributed by atoms with Crippen LogP contribution in [0.5, 0.6) is 0 Å². The van der Waals surface area contributed by atoms with E-state index in [1.807, 2.05) is 82.6 Å². The fourth-order valence-electron chi connectivity index (χ4n) is 3.59. The molecule has 1 radical (unpaired) electrons. The Kier molecular flexibility index (Phi) is 14.3. The Balaban J connectivity index is 0.000000253. The van der Waals surface area contributed by atoms with E-state index in [0.717, 1.165) is 26.2 Å². The molecule has 0 unspecified atom stereocenters. The second-order valence-corrected chi connectivity index (χ2v) is 10.2. The van der Waals surface area contributed by atoms with E-state index in [0.29, 0.717) is 8.64 Å². The Morgan fingerprint density at radius 3 is 0.784 bits per heavy atom. The minimum Gasteiger partial charge on any atom is -0.411 e. The normalized spacial score (nSPS) is 9.73. The quantitative estimate of drug-likeness (QED) is 0.156. The molecular weight excluding hydrogens is 576 g/mol. The third-order valence-electron chi connectivity index (χ3n) is 5.38. The fraction of sp³-hybridized carbons (Fsp3) is 0.133. The van der Waals surface area contributed by atoms with Crippen molar-refractivity contribution in [1.82, 2.24) is 9.80 Å². The first-order chi connectivity index (χ1) is 17.5. The van der Waals surface area contributed by atoms with Gasteiger partial charge in [0.05, 0.1) is 0 Å². The van der Waals surface area contributed by atoms with Gasteiger partial charge >= 0.3 is 16.8 Å². The van der Waals surface area contributed by atoms with Crippen LogP contribution in [0.2, 0.25) is 0 Å². The van der Waals surface area contributed by atoms with E-state index in [1.165, 1.54) is 22.3 Å². The molecule has 4 aromatic carbocycles. The fourth-order valence-corrected chi connectivity index (χ4v) is 4.10. The number of benzene rings is 4. The average molecular weight is 604 g/mol. The topological polar surface area (TPSA) is 6.48 Å². The summed E-state index contributed by atoms with van der Waals surface area (Å²) in [6.45, 7) is 3.05. The maximum absolute atomic E-state index is 5.16. The molecule has 0 aliphatic rings. The molecule has 0 saturated carbocycles. The molecule has 0 atom stereocenters. The van der Waals surface area contributed by atoms with Gasteiger partial charge in [0.2, 0.25) is 0 Å². The average Bonchev–Trinajstić information content (AvgIpc) is 2.91. The molecule has 0 aromatic heterocycles. The molecule has 4 aromatic rings. The van der Waals surface area contributed by atoms with Gasteiger partial charge in [-0.2, -0.15) is 0 Å². The van der Waals surface area contributed by atoms with Crippen LogP contribution in [-0.4, -0.2) is 18.4 Å². The van der Waals surface area contributed by atoms with Crippen LogP contribution in [0.15, 0.2) is 121 Å². The van der Waals surface area contributed by atoms with Crippen molar-refractivity contribution >= 4 is 58.3 Å². The van der Waals surface area contributed by atoms with Crippen molar-refractivity contribution in [2.75, 3.05) is 0 Å². The van der Waals surface area contributed by atoms with Crippen molar-refractivity contribution in [3.05, 3.63) is 144 Å². The monoisotopic (exact) mass is 603 g/mol. The zero-order chi connectivity index (χ0) is 25.6. The van der Waals surface area contributed by atoms with Crippen LogP contribution in [0.3, 0.4) is 0 Å². The molecule has 0 fully saturated rings. The third-order valence-corrected chi connectivity index (χ3v) is 6.41. The summed E-state index contributed by atoms with van der Waals surface area (Å²) in [5, 5.41) is 0. The van der Waals surface area contributed by atoms with Crippen LogP contribution in [-0.2, 0) is 68.2 Å². The first-order valence-corrected chi connectivity index (χ1v) is 13.2. The molecule has 0 amide bonds. The first-order valence-electron chi connectivity index (χ1n) is 11.6. The van der Waals surface area contributed by atoms with Crippen LogP contribution in [0, 0.1) is 0 Å². The van der Waals surface area contributed by atoms with Crippen molar-refractivity contribution in [1.29, 1.82) is 0 Å². The summed E-state index contributed by atoms with van der Waals surface area (Å²) in [6, 6.07) is 41.0. The zero-order valence-electron chi connectivity index (χ0n) is 20.2. The van der Waals surface area contributed by atoms with Gasteiger partial charge in [-0.3, -0.25) is 0 Å². The Bertz CT molecular complexity index is 1010. The molecule has 7 heteroatoms. The molecule has 2 nitrogen and oxygen atoms in total. The minimum atomic E-state index is 0. The van der Waals surface area contributed by atoms with Crippen LogP contribution in [0.4, 0.5) is 0 Å².